The van der Waals surface area contributed by atoms with Gasteiger partial charge >= 0.3 is 6.18 Å². The van der Waals surface area contributed by atoms with Crippen molar-refractivity contribution in [2.24, 2.45) is 0 Å². The van der Waals surface area contributed by atoms with Gasteiger partial charge in [0.25, 0.3) is 0 Å². The van der Waals surface area contributed by atoms with Gasteiger partial charge in [-0.25, -0.2) is 9.50 Å². The normalized spacial score (nSPS) is 13.6. The zero-order chi connectivity index (χ0) is 17.1. The van der Waals surface area contributed by atoms with Crippen LogP contribution in [0.2, 0.25) is 0 Å². The number of carboxylic acids is 1. The second kappa shape index (κ2) is 4.80. The molecular weight excluding hydrogens is 323 g/mol. The maximum atomic E-state index is 13.6. The molecule has 1 aromatic carbocycles. The van der Waals surface area contributed by atoms with Gasteiger partial charge in [0.15, 0.2) is 11.3 Å². The van der Waals surface area contributed by atoms with E-state index >= 15 is 0 Å². The fourth-order valence-electron chi connectivity index (χ4n) is 3.12. The van der Waals surface area contributed by atoms with Gasteiger partial charge in [-0.15, -0.1) is 0 Å². The summed E-state index contributed by atoms with van der Waals surface area (Å²) in [6.07, 6.45) is -4.08. The van der Waals surface area contributed by atoms with Crippen LogP contribution in [0.15, 0.2) is 30.3 Å². The average Bonchev–Trinajstić information content (AvgIpc) is 2.95. The van der Waals surface area contributed by atoms with Gasteiger partial charge in [0.1, 0.15) is 5.69 Å². The van der Waals surface area contributed by atoms with Crippen molar-refractivity contribution in [2.75, 3.05) is 0 Å². The summed E-state index contributed by atoms with van der Waals surface area (Å²) in [5.41, 5.74) is 0.0610. The van der Waals surface area contributed by atoms with Gasteiger partial charge in [0, 0.05) is 17.2 Å². The molecule has 5 nitrogen and oxygen atoms in total. The van der Waals surface area contributed by atoms with E-state index in [1.54, 1.807) is 12.1 Å². The SMILES string of the molecule is O=C([O-])c1cc2nc3c(c(C(F)(F)F)n2n1)CCc1ccccc1-3. The number of hydrogen-bond acceptors (Lipinski definition) is 4. The summed E-state index contributed by atoms with van der Waals surface area (Å²) in [6, 6.07) is 8.10. The van der Waals surface area contributed by atoms with Crippen LogP contribution in [-0.4, -0.2) is 20.6 Å². The lowest BCUT2D eigenvalue weighted by molar-refractivity contribution is -0.255. The van der Waals surface area contributed by atoms with E-state index in [0.717, 1.165) is 11.6 Å². The highest BCUT2D eigenvalue weighted by molar-refractivity contribution is 5.85. The molecule has 2 heterocycles. The lowest BCUT2D eigenvalue weighted by Crippen LogP contribution is -2.24. The van der Waals surface area contributed by atoms with Crippen molar-refractivity contribution in [3.63, 3.8) is 0 Å². The molecule has 0 bridgehead atoms. The summed E-state index contributed by atoms with van der Waals surface area (Å²) in [5.74, 6) is -1.65. The van der Waals surface area contributed by atoms with E-state index in [1.165, 1.54) is 0 Å². The minimum atomic E-state index is -4.69. The Morgan fingerprint density at radius 3 is 2.67 bits per heavy atom. The number of alkyl halides is 3. The van der Waals surface area contributed by atoms with Gasteiger partial charge < -0.3 is 9.90 Å². The fraction of sp³-hybridized carbons (Fsp3) is 0.188. The molecule has 0 spiro atoms. The standard InChI is InChI=1S/C16H10F3N3O2/c17-16(18,19)14-10-6-5-8-3-1-2-4-9(8)13(10)20-12-7-11(15(23)24)21-22(12)14/h1-4,7H,5-6H2,(H,23,24)/p-1. The highest BCUT2D eigenvalue weighted by atomic mass is 19.4. The molecule has 1 aliphatic carbocycles. The number of benzene rings is 1. The summed E-state index contributed by atoms with van der Waals surface area (Å²) in [6.45, 7) is 0. The number of aromatic carboxylic acids is 1. The van der Waals surface area contributed by atoms with Crippen LogP contribution < -0.4 is 5.11 Å². The number of rotatable bonds is 1. The summed E-state index contributed by atoms with van der Waals surface area (Å²) in [5, 5.41) is 14.5. The predicted octanol–water partition coefficient (Wildman–Crippen LogP) is 1.88. The lowest BCUT2D eigenvalue weighted by atomic mass is 9.88. The maximum Gasteiger partial charge on any atom is 0.433 e. The monoisotopic (exact) mass is 332 g/mol. The summed E-state index contributed by atoms with van der Waals surface area (Å²) in [4.78, 5) is 15.2. The van der Waals surface area contributed by atoms with Crippen LogP contribution in [-0.2, 0) is 19.0 Å². The van der Waals surface area contributed by atoms with Crippen LogP contribution in [0, 0.1) is 0 Å². The van der Waals surface area contributed by atoms with Gasteiger partial charge in [-0.3, -0.25) is 0 Å². The molecule has 4 rings (SSSR count). The Labute approximate surface area is 133 Å². The molecule has 1 aliphatic rings. The van der Waals surface area contributed by atoms with Gasteiger partial charge in [0.05, 0.1) is 11.7 Å². The molecular formula is C16H9F3N3O2-. The number of carbonyl (C=O) groups is 1. The zero-order valence-corrected chi connectivity index (χ0v) is 12.1. The largest absolute Gasteiger partial charge is 0.543 e. The third-order valence-corrected chi connectivity index (χ3v) is 4.09. The van der Waals surface area contributed by atoms with E-state index in [0.29, 0.717) is 16.5 Å². The topological polar surface area (TPSA) is 70.3 Å². The van der Waals surface area contributed by atoms with Crippen LogP contribution in [0.3, 0.4) is 0 Å². The quantitative estimate of drug-likeness (QED) is 0.682. The highest BCUT2D eigenvalue weighted by Crippen LogP contribution is 2.40. The van der Waals surface area contributed by atoms with Crippen LogP contribution in [0.25, 0.3) is 16.9 Å². The number of aromatic nitrogens is 3. The molecule has 0 saturated heterocycles. The Kier molecular flexibility index (Phi) is 2.93. The number of nitrogens with zero attached hydrogens (tertiary/aromatic N) is 3. The van der Waals surface area contributed by atoms with Gasteiger partial charge in [-0.05, 0) is 18.4 Å². The number of fused-ring (bicyclic) bond motifs is 4. The molecule has 8 heteroatoms. The minimum absolute atomic E-state index is 0.0293. The molecule has 0 amide bonds. The third kappa shape index (κ3) is 2.06. The van der Waals surface area contributed by atoms with Crippen LogP contribution in [0.5, 0.6) is 0 Å². The van der Waals surface area contributed by atoms with Gasteiger partial charge in [0.2, 0.25) is 0 Å². The Bertz CT molecular complexity index is 992. The predicted molar refractivity (Wildman–Crippen MR) is 75.2 cm³/mol. The van der Waals surface area contributed by atoms with E-state index in [-0.39, 0.29) is 23.3 Å². The number of carboxylic acid groups (broad SMARTS) is 1. The summed E-state index contributed by atoms with van der Waals surface area (Å²) >= 11 is 0. The Morgan fingerprint density at radius 2 is 1.96 bits per heavy atom. The van der Waals surface area contributed by atoms with E-state index in [9.17, 15) is 23.1 Å². The van der Waals surface area contributed by atoms with Crippen molar-refractivity contribution in [3.05, 3.63) is 52.8 Å². The van der Waals surface area contributed by atoms with Gasteiger partial charge in [-0.1, -0.05) is 24.3 Å². The van der Waals surface area contributed by atoms with Crippen molar-refractivity contribution in [1.29, 1.82) is 0 Å². The van der Waals surface area contributed by atoms with E-state index in [2.05, 4.69) is 10.1 Å². The first-order chi connectivity index (χ1) is 11.4. The minimum Gasteiger partial charge on any atom is -0.543 e. The average molecular weight is 332 g/mol. The van der Waals surface area contributed by atoms with Crippen molar-refractivity contribution >= 4 is 11.6 Å². The van der Waals surface area contributed by atoms with Crippen molar-refractivity contribution in [3.8, 4) is 11.3 Å². The molecule has 0 N–H and O–H groups in total. The number of hydrogen-bond donors (Lipinski definition) is 0. The molecule has 0 saturated carbocycles. The molecule has 122 valence electrons. The highest BCUT2D eigenvalue weighted by Gasteiger charge is 2.40. The molecule has 2 aromatic heterocycles. The molecule has 0 radical (unpaired) electrons. The van der Waals surface area contributed by atoms with Crippen LogP contribution in [0.1, 0.15) is 27.3 Å². The number of aryl methyl sites for hydroxylation is 1. The first-order valence-electron chi connectivity index (χ1n) is 7.16. The fourth-order valence-corrected chi connectivity index (χ4v) is 3.12. The first-order valence-corrected chi connectivity index (χ1v) is 7.16. The number of carbonyl (C=O) groups excluding carboxylic acids is 1. The maximum absolute atomic E-state index is 13.6. The molecule has 0 aliphatic heterocycles. The molecule has 3 aromatic rings. The molecule has 0 atom stereocenters. The van der Waals surface area contributed by atoms with Gasteiger partial charge in [-0.2, -0.15) is 18.3 Å². The van der Waals surface area contributed by atoms with E-state index in [1.807, 2.05) is 12.1 Å². The van der Waals surface area contributed by atoms with Crippen molar-refractivity contribution in [1.82, 2.24) is 14.6 Å². The van der Waals surface area contributed by atoms with E-state index < -0.39 is 23.5 Å². The molecule has 0 fully saturated rings. The van der Waals surface area contributed by atoms with E-state index in [4.69, 9.17) is 0 Å². The lowest BCUT2D eigenvalue weighted by Gasteiger charge is -2.23. The molecule has 0 unspecified atom stereocenters. The van der Waals surface area contributed by atoms with Crippen LogP contribution >= 0.6 is 0 Å². The zero-order valence-electron chi connectivity index (χ0n) is 12.1. The van der Waals surface area contributed by atoms with Crippen LogP contribution in [0.4, 0.5) is 13.2 Å². The second-order valence-corrected chi connectivity index (χ2v) is 5.53. The van der Waals surface area contributed by atoms with Crippen molar-refractivity contribution < 1.29 is 23.1 Å². The van der Waals surface area contributed by atoms with Crippen molar-refractivity contribution in [2.45, 2.75) is 19.0 Å². The first kappa shape index (κ1) is 14.7. The summed E-state index contributed by atoms with van der Waals surface area (Å²) < 4.78 is 41.5. The molecule has 24 heavy (non-hydrogen) atoms. The smallest absolute Gasteiger partial charge is 0.433 e. The third-order valence-electron chi connectivity index (χ3n) is 4.09. The Balaban J connectivity index is 2.12. The Morgan fingerprint density at radius 1 is 1.21 bits per heavy atom. The second-order valence-electron chi connectivity index (χ2n) is 5.53. The summed E-state index contributed by atoms with van der Waals surface area (Å²) in [7, 11) is 0. The Hall–Kier alpha value is -2.90. The number of halogens is 3.